The molecule has 0 bridgehead atoms. The second kappa shape index (κ2) is 5.60. The van der Waals surface area contributed by atoms with Crippen molar-refractivity contribution in [3.8, 4) is 0 Å². The SMILES string of the molecule is CCCC1(C(=O)N2CC(C)C(C)C2)CCCNC1. The van der Waals surface area contributed by atoms with Gasteiger partial charge in [-0.3, -0.25) is 4.79 Å². The molecular weight excluding hydrogens is 224 g/mol. The van der Waals surface area contributed by atoms with Gasteiger partial charge in [-0.25, -0.2) is 0 Å². The molecule has 0 saturated carbocycles. The number of rotatable bonds is 3. The van der Waals surface area contributed by atoms with E-state index in [2.05, 4.69) is 31.0 Å². The first kappa shape index (κ1) is 13.9. The van der Waals surface area contributed by atoms with E-state index in [4.69, 9.17) is 0 Å². The fourth-order valence-electron chi connectivity index (χ4n) is 3.58. The molecular formula is C15H28N2O. The first-order chi connectivity index (χ1) is 8.59. The smallest absolute Gasteiger partial charge is 0.230 e. The van der Waals surface area contributed by atoms with E-state index in [1.165, 1.54) is 0 Å². The molecule has 2 aliphatic rings. The highest BCUT2D eigenvalue weighted by Crippen LogP contribution is 2.36. The van der Waals surface area contributed by atoms with Gasteiger partial charge in [0.05, 0.1) is 5.41 Å². The summed E-state index contributed by atoms with van der Waals surface area (Å²) in [5.41, 5.74) is -0.100. The first-order valence-corrected chi connectivity index (χ1v) is 7.59. The van der Waals surface area contributed by atoms with E-state index in [9.17, 15) is 4.79 Å². The van der Waals surface area contributed by atoms with Crippen molar-refractivity contribution in [1.29, 1.82) is 0 Å². The Balaban J connectivity index is 2.08. The molecule has 18 heavy (non-hydrogen) atoms. The molecule has 0 aromatic rings. The minimum Gasteiger partial charge on any atom is -0.342 e. The molecule has 2 rings (SSSR count). The minimum absolute atomic E-state index is 0.100. The van der Waals surface area contributed by atoms with E-state index in [-0.39, 0.29) is 5.41 Å². The summed E-state index contributed by atoms with van der Waals surface area (Å²) in [5, 5.41) is 3.44. The van der Waals surface area contributed by atoms with Gasteiger partial charge in [0.2, 0.25) is 5.91 Å². The molecule has 1 amide bonds. The third-order valence-electron chi connectivity index (χ3n) is 4.93. The molecule has 2 saturated heterocycles. The molecule has 2 aliphatic heterocycles. The lowest BCUT2D eigenvalue weighted by molar-refractivity contribution is -0.143. The summed E-state index contributed by atoms with van der Waals surface area (Å²) >= 11 is 0. The van der Waals surface area contributed by atoms with Crippen molar-refractivity contribution in [2.75, 3.05) is 26.2 Å². The second-order valence-electron chi connectivity index (χ2n) is 6.48. The minimum atomic E-state index is -0.100. The van der Waals surface area contributed by atoms with Crippen LogP contribution in [-0.2, 0) is 4.79 Å². The zero-order valence-electron chi connectivity index (χ0n) is 12.2. The highest BCUT2D eigenvalue weighted by Gasteiger charge is 2.43. The van der Waals surface area contributed by atoms with Crippen molar-refractivity contribution in [2.24, 2.45) is 17.3 Å². The molecule has 3 heteroatoms. The lowest BCUT2D eigenvalue weighted by Gasteiger charge is -2.39. The molecule has 2 heterocycles. The third-order valence-corrected chi connectivity index (χ3v) is 4.93. The quantitative estimate of drug-likeness (QED) is 0.835. The van der Waals surface area contributed by atoms with E-state index >= 15 is 0 Å². The number of piperidine rings is 1. The van der Waals surface area contributed by atoms with Gasteiger partial charge in [0.15, 0.2) is 0 Å². The van der Waals surface area contributed by atoms with Gasteiger partial charge in [-0.05, 0) is 37.6 Å². The maximum Gasteiger partial charge on any atom is 0.230 e. The number of nitrogens with one attached hydrogen (secondary N) is 1. The number of amides is 1. The van der Waals surface area contributed by atoms with Crippen molar-refractivity contribution >= 4 is 5.91 Å². The van der Waals surface area contributed by atoms with Crippen LogP contribution in [0.4, 0.5) is 0 Å². The van der Waals surface area contributed by atoms with Crippen molar-refractivity contribution < 1.29 is 4.79 Å². The Morgan fingerprint density at radius 3 is 2.50 bits per heavy atom. The predicted molar refractivity (Wildman–Crippen MR) is 74.4 cm³/mol. The fraction of sp³-hybridized carbons (Fsp3) is 0.933. The zero-order valence-corrected chi connectivity index (χ0v) is 12.2. The van der Waals surface area contributed by atoms with Crippen LogP contribution in [0.5, 0.6) is 0 Å². The van der Waals surface area contributed by atoms with Crippen molar-refractivity contribution in [2.45, 2.75) is 46.5 Å². The number of hydrogen-bond donors (Lipinski definition) is 1. The second-order valence-corrected chi connectivity index (χ2v) is 6.48. The van der Waals surface area contributed by atoms with Crippen LogP contribution in [0.2, 0.25) is 0 Å². The summed E-state index contributed by atoms with van der Waals surface area (Å²) in [7, 11) is 0. The van der Waals surface area contributed by atoms with E-state index in [1.54, 1.807) is 0 Å². The van der Waals surface area contributed by atoms with Crippen LogP contribution in [0.25, 0.3) is 0 Å². The third kappa shape index (κ3) is 2.56. The van der Waals surface area contributed by atoms with Gasteiger partial charge in [-0.1, -0.05) is 27.2 Å². The van der Waals surface area contributed by atoms with Gasteiger partial charge in [0, 0.05) is 19.6 Å². The van der Waals surface area contributed by atoms with Crippen LogP contribution in [0.1, 0.15) is 46.5 Å². The molecule has 0 spiro atoms. The van der Waals surface area contributed by atoms with Crippen LogP contribution in [-0.4, -0.2) is 37.0 Å². The van der Waals surface area contributed by atoms with E-state index in [1.807, 2.05) is 0 Å². The Bertz CT molecular complexity index is 281. The average Bonchev–Trinajstić information content (AvgIpc) is 2.70. The molecule has 2 fully saturated rings. The van der Waals surface area contributed by atoms with Gasteiger partial charge in [0.1, 0.15) is 0 Å². The number of hydrogen-bond acceptors (Lipinski definition) is 2. The summed E-state index contributed by atoms with van der Waals surface area (Å²) in [6, 6.07) is 0. The molecule has 104 valence electrons. The van der Waals surface area contributed by atoms with Crippen molar-refractivity contribution in [3.63, 3.8) is 0 Å². The maximum absolute atomic E-state index is 12.9. The van der Waals surface area contributed by atoms with Gasteiger partial charge >= 0.3 is 0 Å². The highest BCUT2D eigenvalue weighted by atomic mass is 16.2. The van der Waals surface area contributed by atoms with Gasteiger partial charge < -0.3 is 10.2 Å². The van der Waals surface area contributed by atoms with Crippen molar-refractivity contribution in [1.82, 2.24) is 10.2 Å². The van der Waals surface area contributed by atoms with Crippen LogP contribution in [0.15, 0.2) is 0 Å². The maximum atomic E-state index is 12.9. The largest absolute Gasteiger partial charge is 0.342 e. The Kier molecular flexibility index (Phi) is 4.31. The van der Waals surface area contributed by atoms with Crippen LogP contribution < -0.4 is 5.32 Å². The van der Waals surface area contributed by atoms with Crippen LogP contribution in [0.3, 0.4) is 0 Å². The highest BCUT2D eigenvalue weighted by molar-refractivity contribution is 5.83. The van der Waals surface area contributed by atoms with Crippen LogP contribution >= 0.6 is 0 Å². The Morgan fingerprint density at radius 2 is 2.00 bits per heavy atom. The molecule has 0 aliphatic carbocycles. The lowest BCUT2D eigenvalue weighted by Crippen LogP contribution is -2.51. The molecule has 3 unspecified atom stereocenters. The number of carbonyl (C=O) groups excluding carboxylic acids is 1. The lowest BCUT2D eigenvalue weighted by atomic mass is 9.75. The molecule has 0 aromatic carbocycles. The topological polar surface area (TPSA) is 32.3 Å². The van der Waals surface area contributed by atoms with Gasteiger partial charge in [-0.15, -0.1) is 0 Å². The van der Waals surface area contributed by atoms with E-state index < -0.39 is 0 Å². The summed E-state index contributed by atoms with van der Waals surface area (Å²) in [6.07, 6.45) is 4.36. The summed E-state index contributed by atoms with van der Waals surface area (Å²) in [5.74, 6) is 1.74. The van der Waals surface area contributed by atoms with Crippen LogP contribution in [0, 0.1) is 17.3 Å². The standard InChI is InChI=1S/C15H28N2O/c1-4-6-15(7-5-8-16-11-15)14(18)17-9-12(2)13(3)10-17/h12-13,16H,4-11H2,1-3H3. The number of likely N-dealkylation sites (tertiary alicyclic amines) is 1. The molecule has 3 nitrogen and oxygen atoms in total. The average molecular weight is 252 g/mol. The van der Waals surface area contributed by atoms with E-state index in [0.29, 0.717) is 17.7 Å². The Hall–Kier alpha value is -0.570. The monoisotopic (exact) mass is 252 g/mol. The fourth-order valence-corrected chi connectivity index (χ4v) is 3.58. The first-order valence-electron chi connectivity index (χ1n) is 7.59. The molecule has 0 aromatic heterocycles. The molecule has 0 radical (unpaired) electrons. The summed E-state index contributed by atoms with van der Waals surface area (Å²) in [6.45, 7) is 10.6. The zero-order chi connectivity index (χ0) is 13.2. The van der Waals surface area contributed by atoms with Gasteiger partial charge in [0.25, 0.3) is 0 Å². The Morgan fingerprint density at radius 1 is 1.33 bits per heavy atom. The van der Waals surface area contributed by atoms with E-state index in [0.717, 1.165) is 51.9 Å². The van der Waals surface area contributed by atoms with Crippen molar-refractivity contribution in [3.05, 3.63) is 0 Å². The number of nitrogens with zero attached hydrogens (tertiary/aromatic N) is 1. The summed E-state index contributed by atoms with van der Waals surface area (Å²) < 4.78 is 0. The summed E-state index contributed by atoms with van der Waals surface area (Å²) in [4.78, 5) is 15.0. The molecule has 3 atom stereocenters. The number of carbonyl (C=O) groups is 1. The predicted octanol–water partition coefficient (Wildman–Crippen LogP) is 2.27. The molecule has 1 N–H and O–H groups in total. The Labute approximate surface area is 111 Å². The van der Waals surface area contributed by atoms with Gasteiger partial charge in [-0.2, -0.15) is 0 Å². The normalized spacial score (nSPS) is 36.9.